The summed E-state index contributed by atoms with van der Waals surface area (Å²) in [5.74, 6) is 1.85. The number of nitrogens with one attached hydrogen (secondary N) is 1. The van der Waals surface area contributed by atoms with E-state index in [1.165, 1.54) is 0 Å². The molecule has 0 amide bonds. The standard InChI is InChI=1S/C17H19ClN2O2/c1-21-15-4-2-3-5-16(15)22-17(12-6-7-19-9-12)13-8-14(18)11-20-10-13/h2-5,8,10-12,17,19H,6-7,9H2,1H3/t12?,17-/m0/s1. The highest BCUT2D eigenvalue weighted by molar-refractivity contribution is 6.30. The van der Waals surface area contributed by atoms with Crippen LogP contribution in [0.1, 0.15) is 18.1 Å². The Morgan fingerprint density at radius 2 is 2.09 bits per heavy atom. The van der Waals surface area contributed by atoms with Crippen molar-refractivity contribution in [2.75, 3.05) is 20.2 Å². The number of para-hydroxylation sites is 2. The van der Waals surface area contributed by atoms with E-state index in [1.54, 1.807) is 13.3 Å². The van der Waals surface area contributed by atoms with Gasteiger partial charge >= 0.3 is 0 Å². The molecule has 1 aromatic carbocycles. The number of methoxy groups -OCH3 is 1. The van der Waals surface area contributed by atoms with Gasteiger partial charge in [-0.2, -0.15) is 0 Å². The van der Waals surface area contributed by atoms with Crippen LogP contribution in [0.5, 0.6) is 11.5 Å². The van der Waals surface area contributed by atoms with Crippen LogP contribution in [0.25, 0.3) is 0 Å². The minimum absolute atomic E-state index is 0.0995. The first kappa shape index (κ1) is 15.1. The number of halogens is 1. The van der Waals surface area contributed by atoms with Crippen LogP contribution in [0.3, 0.4) is 0 Å². The van der Waals surface area contributed by atoms with Crippen LogP contribution in [0.2, 0.25) is 5.02 Å². The topological polar surface area (TPSA) is 43.4 Å². The van der Waals surface area contributed by atoms with E-state index in [0.29, 0.717) is 10.9 Å². The highest BCUT2D eigenvalue weighted by Gasteiger charge is 2.29. The predicted molar refractivity (Wildman–Crippen MR) is 86.6 cm³/mol. The SMILES string of the molecule is COc1ccccc1O[C@H](c1cncc(Cl)c1)C1CCNC1. The second-order valence-electron chi connectivity index (χ2n) is 5.38. The van der Waals surface area contributed by atoms with Crippen molar-refractivity contribution in [1.29, 1.82) is 0 Å². The van der Waals surface area contributed by atoms with E-state index in [1.807, 2.05) is 36.5 Å². The predicted octanol–water partition coefficient (Wildman–Crippen LogP) is 3.47. The molecule has 0 spiro atoms. The number of ether oxygens (including phenoxy) is 2. The van der Waals surface area contributed by atoms with Gasteiger partial charge in [0, 0.05) is 30.4 Å². The Labute approximate surface area is 135 Å². The molecule has 1 fully saturated rings. The summed E-state index contributed by atoms with van der Waals surface area (Å²) in [7, 11) is 1.65. The van der Waals surface area contributed by atoms with E-state index in [4.69, 9.17) is 21.1 Å². The third-order valence-corrected chi connectivity index (χ3v) is 4.11. The van der Waals surface area contributed by atoms with Gasteiger partial charge in [-0.25, -0.2) is 0 Å². The maximum atomic E-state index is 6.30. The van der Waals surface area contributed by atoms with Gasteiger partial charge < -0.3 is 14.8 Å². The minimum Gasteiger partial charge on any atom is -0.493 e. The van der Waals surface area contributed by atoms with E-state index in [2.05, 4.69) is 10.3 Å². The van der Waals surface area contributed by atoms with Crippen LogP contribution < -0.4 is 14.8 Å². The molecule has 22 heavy (non-hydrogen) atoms. The minimum atomic E-state index is -0.0995. The summed E-state index contributed by atoms with van der Waals surface area (Å²) >= 11 is 6.10. The van der Waals surface area contributed by atoms with Crippen LogP contribution in [0.4, 0.5) is 0 Å². The van der Waals surface area contributed by atoms with Gasteiger partial charge in [-0.1, -0.05) is 23.7 Å². The molecule has 2 heterocycles. The summed E-state index contributed by atoms with van der Waals surface area (Å²) in [4.78, 5) is 4.20. The fourth-order valence-corrected chi connectivity index (χ4v) is 2.99. The zero-order chi connectivity index (χ0) is 15.4. The Hall–Kier alpha value is -1.78. The van der Waals surface area contributed by atoms with Gasteiger partial charge in [0.15, 0.2) is 11.5 Å². The fraction of sp³-hybridized carbons (Fsp3) is 0.353. The molecule has 1 N–H and O–H groups in total. The molecular formula is C17H19ClN2O2. The molecule has 4 nitrogen and oxygen atoms in total. The summed E-state index contributed by atoms with van der Waals surface area (Å²) in [6, 6.07) is 9.62. The first-order valence-electron chi connectivity index (χ1n) is 7.39. The Morgan fingerprint density at radius 3 is 2.77 bits per heavy atom. The van der Waals surface area contributed by atoms with Gasteiger partial charge in [0.1, 0.15) is 6.10 Å². The molecular weight excluding hydrogens is 300 g/mol. The lowest BCUT2D eigenvalue weighted by molar-refractivity contribution is 0.139. The monoisotopic (exact) mass is 318 g/mol. The zero-order valence-electron chi connectivity index (χ0n) is 12.5. The number of pyridine rings is 1. The Bertz CT molecular complexity index is 630. The maximum Gasteiger partial charge on any atom is 0.162 e. The molecule has 0 aliphatic carbocycles. The zero-order valence-corrected chi connectivity index (χ0v) is 13.2. The van der Waals surface area contributed by atoms with Crippen LogP contribution in [0, 0.1) is 5.92 Å². The van der Waals surface area contributed by atoms with E-state index in [-0.39, 0.29) is 6.10 Å². The summed E-state index contributed by atoms with van der Waals surface area (Å²) in [5.41, 5.74) is 0.993. The molecule has 0 saturated carbocycles. The molecule has 0 radical (unpaired) electrons. The molecule has 116 valence electrons. The molecule has 1 saturated heterocycles. The van der Waals surface area contributed by atoms with Gasteiger partial charge in [-0.05, 0) is 31.2 Å². The lowest BCUT2D eigenvalue weighted by Gasteiger charge is -2.25. The van der Waals surface area contributed by atoms with Gasteiger partial charge in [-0.3, -0.25) is 4.98 Å². The largest absolute Gasteiger partial charge is 0.493 e. The number of hydrogen-bond acceptors (Lipinski definition) is 4. The van der Waals surface area contributed by atoms with Gasteiger partial charge in [0.2, 0.25) is 0 Å². The van der Waals surface area contributed by atoms with Crippen LogP contribution in [-0.2, 0) is 0 Å². The average Bonchev–Trinajstić information content (AvgIpc) is 3.07. The Balaban J connectivity index is 1.91. The summed E-state index contributed by atoms with van der Waals surface area (Å²) in [6.45, 7) is 1.93. The van der Waals surface area contributed by atoms with Crippen molar-refractivity contribution >= 4 is 11.6 Å². The molecule has 2 aromatic rings. The van der Waals surface area contributed by atoms with E-state index in [0.717, 1.165) is 36.6 Å². The van der Waals surface area contributed by atoms with E-state index >= 15 is 0 Å². The molecule has 3 rings (SSSR count). The number of benzene rings is 1. The molecule has 5 heteroatoms. The van der Waals surface area contributed by atoms with Crippen molar-refractivity contribution in [3.8, 4) is 11.5 Å². The van der Waals surface area contributed by atoms with Gasteiger partial charge in [0.05, 0.1) is 12.1 Å². The molecule has 1 aromatic heterocycles. The third-order valence-electron chi connectivity index (χ3n) is 3.90. The van der Waals surface area contributed by atoms with Crippen LogP contribution in [-0.4, -0.2) is 25.2 Å². The molecule has 0 bridgehead atoms. The quantitative estimate of drug-likeness (QED) is 0.916. The van der Waals surface area contributed by atoms with Crippen molar-refractivity contribution in [2.45, 2.75) is 12.5 Å². The van der Waals surface area contributed by atoms with Crippen LogP contribution >= 0.6 is 11.6 Å². The second-order valence-corrected chi connectivity index (χ2v) is 5.82. The van der Waals surface area contributed by atoms with Crippen molar-refractivity contribution in [1.82, 2.24) is 10.3 Å². The first-order chi connectivity index (χ1) is 10.8. The van der Waals surface area contributed by atoms with Crippen molar-refractivity contribution in [3.05, 3.63) is 53.3 Å². The smallest absolute Gasteiger partial charge is 0.162 e. The number of nitrogens with zero attached hydrogens (tertiary/aromatic N) is 1. The highest BCUT2D eigenvalue weighted by Crippen LogP contribution is 2.36. The Kier molecular flexibility index (Phi) is 4.80. The van der Waals surface area contributed by atoms with E-state index < -0.39 is 0 Å². The summed E-state index contributed by atoms with van der Waals surface area (Å²) < 4.78 is 11.7. The highest BCUT2D eigenvalue weighted by atomic mass is 35.5. The number of aromatic nitrogens is 1. The second kappa shape index (κ2) is 6.99. The number of hydrogen-bond donors (Lipinski definition) is 1. The Morgan fingerprint density at radius 1 is 1.27 bits per heavy atom. The average molecular weight is 319 g/mol. The summed E-state index contributed by atoms with van der Waals surface area (Å²) in [6.07, 6.45) is 4.42. The third kappa shape index (κ3) is 3.34. The summed E-state index contributed by atoms with van der Waals surface area (Å²) in [5, 5.41) is 4.01. The molecule has 1 unspecified atom stereocenters. The van der Waals surface area contributed by atoms with Gasteiger partial charge in [0.25, 0.3) is 0 Å². The van der Waals surface area contributed by atoms with Gasteiger partial charge in [-0.15, -0.1) is 0 Å². The van der Waals surface area contributed by atoms with E-state index in [9.17, 15) is 0 Å². The fourth-order valence-electron chi connectivity index (χ4n) is 2.81. The molecule has 2 atom stereocenters. The molecule has 1 aliphatic heterocycles. The lowest BCUT2D eigenvalue weighted by Crippen LogP contribution is -2.21. The normalized spacial score (nSPS) is 18.9. The van der Waals surface area contributed by atoms with Crippen LogP contribution in [0.15, 0.2) is 42.7 Å². The van der Waals surface area contributed by atoms with Crippen molar-refractivity contribution in [2.24, 2.45) is 5.92 Å². The first-order valence-corrected chi connectivity index (χ1v) is 7.76. The lowest BCUT2D eigenvalue weighted by atomic mass is 9.96. The van der Waals surface area contributed by atoms with Crippen molar-refractivity contribution < 1.29 is 9.47 Å². The molecule has 1 aliphatic rings. The number of rotatable bonds is 5. The maximum absolute atomic E-state index is 6.30. The van der Waals surface area contributed by atoms with Crippen molar-refractivity contribution in [3.63, 3.8) is 0 Å².